The number of aliphatic hydroxyl groups excluding tert-OH is 2. The molecule has 1 heterocycles. The molecule has 0 aliphatic carbocycles. The van der Waals surface area contributed by atoms with Crippen LogP contribution in [0.4, 0.5) is 11.4 Å². The second-order valence-electron chi connectivity index (χ2n) is 4.89. The maximum Gasteiger partial charge on any atom is 0.0656 e. The molecule has 0 fully saturated rings. The van der Waals surface area contributed by atoms with E-state index in [1.807, 2.05) is 41.0 Å². The maximum absolute atomic E-state index is 9.23. The Kier molecular flexibility index (Phi) is 5.12. The Morgan fingerprint density at radius 1 is 1.24 bits per heavy atom. The molecule has 6 heteroatoms. The number of anilines is 2. The van der Waals surface area contributed by atoms with E-state index in [0.717, 1.165) is 16.8 Å². The lowest BCUT2D eigenvalue weighted by Gasteiger charge is -2.26. The topological polar surface area (TPSA) is 74.7 Å². The van der Waals surface area contributed by atoms with Gasteiger partial charge in [-0.2, -0.15) is 0 Å². The Balaban J connectivity index is 2.54. The molecule has 1 aromatic heterocycles. The summed E-state index contributed by atoms with van der Waals surface area (Å²) < 4.78 is 1.95. The van der Waals surface area contributed by atoms with Crippen molar-refractivity contribution in [3.05, 3.63) is 35.6 Å². The Morgan fingerprint density at radius 3 is 2.43 bits per heavy atom. The minimum atomic E-state index is -0.00374. The molecular formula is C15H20ClN3O2. The van der Waals surface area contributed by atoms with Crippen LogP contribution in [0.15, 0.2) is 30.6 Å². The molecule has 1 aromatic carbocycles. The molecule has 21 heavy (non-hydrogen) atoms. The number of halogens is 1. The summed E-state index contributed by atoms with van der Waals surface area (Å²) in [6.07, 6.45) is 3.94. The molecule has 0 amide bonds. The molecule has 0 saturated heterocycles. The first-order valence-electron chi connectivity index (χ1n) is 6.75. The number of hydrogen-bond acceptors (Lipinski definition) is 4. The third-order valence-corrected chi connectivity index (χ3v) is 3.67. The summed E-state index contributed by atoms with van der Waals surface area (Å²) >= 11 is 6.14. The molecule has 114 valence electrons. The zero-order valence-electron chi connectivity index (χ0n) is 12.0. The number of nitrogens with zero attached hydrogens (tertiary/aromatic N) is 2. The molecular weight excluding hydrogens is 290 g/mol. The molecule has 0 bridgehead atoms. The molecule has 2 rings (SSSR count). The van der Waals surface area contributed by atoms with Gasteiger partial charge in [-0.15, -0.1) is 0 Å². The van der Waals surface area contributed by atoms with Gasteiger partial charge < -0.3 is 25.4 Å². The highest BCUT2D eigenvalue weighted by Crippen LogP contribution is 2.36. The molecule has 0 aliphatic heterocycles. The van der Waals surface area contributed by atoms with Crippen LogP contribution in [-0.2, 0) is 7.05 Å². The predicted octanol–water partition coefficient (Wildman–Crippen LogP) is 1.72. The molecule has 0 radical (unpaired) electrons. The van der Waals surface area contributed by atoms with Gasteiger partial charge in [0.1, 0.15) is 0 Å². The number of nitrogens with two attached hydrogens (primary N) is 1. The summed E-state index contributed by atoms with van der Waals surface area (Å²) in [6.45, 7) is 0.827. The van der Waals surface area contributed by atoms with Crippen LogP contribution in [0.3, 0.4) is 0 Å². The predicted molar refractivity (Wildman–Crippen MR) is 86.7 cm³/mol. The van der Waals surface area contributed by atoms with E-state index in [9.17, 15) is 10.2 Å². The van der Waals surface area contributed by atoms with Gasteiger partial charge in [0.2, 0.25) is 0 Å². The van der Waals surface area contributed by atoms with Gasteiger partial charge in [0.15, 0.2) is 0 Å². The largest absolute Gasteiger partial charge is 0.398 e. The molecule has 0 atom stereocenters. The van der Waals surface area contributed by atoms with E-state index in [-0.39, 0.29) is 13.2 Å². The number of hydrogen-bond donors (Lipinski definition) is 3. The number of nitrogen functional groups attached to an aromatic ring is 1. The number of benzene rings is 1. The first-order chi connectivity index (χ1) is 10.1. The molecule has 0 aliphatic rings. The summed E-state index contributed by atoms with van der Waals surface area (Å²) in [5.74, 6) is 0. The Labute approximate surface area is 129 Å². The smallest absolute Gasteiger partial charge is 0.0656 e. The van der Waals surface area contributed by atoms with Gasteiger partial charge in [-0.1, -0.05) is 11.6 Å². The van der Waals surface area contributed by atoms with Crippen molar-refractivity contribution in [3.63, 3.8) is 0 Å². The zero-order chi connectivity index (χ0) is 15.4. The van der Waals surface area contributed by atoms with Crippen LogP contribution >= 0.6 is 11.6 Å². The number of rotatable bonds is 6. The van der Waals surface area contributed by atoms with Gasteiger partial charge in [-0.05, 0) is 18.2 Å². The normalized spacial score (nSPS) is 10.9. The molecule has 5 nitrogen and oxygen atoms in total. The van der Waals surface area contributed by atoms with Crippen LogP contribution in [-0.4, -0.2) is 41.1 Å². The third-order valence-electron chi connectivity index (χ3n) is 3.34. The first kappa shape index (κ1) is 15.7. The van der Waals surface area contributed by atoms with Crippen molar-refractivity contribution in [1.29, 1.82) is 0 Å². The minimum absolute atomic E-state index is 0.00374. The number of aliphatic hydroxyl groups is 2. The van der Waals surface area contributed by atoms with Gasteiger partial charge in [-0.3, -0.25) is 0 Å². The van der Waals surface area contributed by atoms with E-state index >= 15 is 0 Å². The average molecular weight is 310 g/mol. The fourth-order valence-electron chi connectivity index (χ4n) is 2.33. The third kappa shape index (κ3) is 3.50. The summed E-state index contributed by atoms with van der Waals surface area (Å²) in [7, 11) is 1.95. The molecule has 4 N–H and O–H groups in total. The maximum atomic E-state index is 9.23. The highest BCUT2D eigenvalue weighted by atomic mass is 35.5. The van der Waals surface area contributed by atoms with Crippen LogP contribution in [0.1, 0.15) is 0 Å². The average Bonchev–Trinajstić information content (AvgIpc) is 2.88. The molecule has 0 saturated carbocycles. The van der Waals surface area contributed by atoms with Crippen molar-refractivity contribution < 1.29 is 10.2 Å². The lowest BCUT2D eigenvalue weighted by Crippen LogP contribution is -2.30. The monoisotopic (exact) mass is 309 g/mol. The van der Waals surface area contributed by atoms with Crippen molar-refractivity contribution >= 4 is 23.0 Å². The summed E-state index contributed by atoms with van der Waals surface area (Å²) in [5.41, 5.74) is 9.22. The lowest BCUT2D eigenvalue weighted by molar-refractivity contribution is 0.281. The lowest BCUT2D eigenvalue weighted by atomic mass is 10.0. The van der Waals surface area contributed by atoms with Crippen LogP contribution in [0.25, 0.3) is 11.1 Å². The molecule has 2 aromatic rings. The van der Waals surface area contributed by atoms with Gasteiger partial charge in [-0.25, -0.2) is 0 Å². The molecule has 0 unspecified atom stereocenters. The zero-order valence-corrected chi connectivity index (χ0v) is 12.7. The minimum Gasteiger partial charge on any atom is -0.398 e. The van der Waals surface area contributed by atoms with E-state index in [1.54, 1.807) is 6.07 Å². The van der Waals surface area contributed by atoms with Crippen molar-refractivity contribution in [2.24, 2.45) is 7.05 Å². The van der Waals surface area contributed by atoms with Gasteiger partial charge >= 0.3 is 0 Å². The van der Waals surface area contributed by atoms with Crippen LogP contribution < -0.4 is 10.6 Å². The summed E-state index contributed by atoms with van der Waals surface area (Å²) in [4.78, 5) is 1.90. The van der Waals surface area contributed by atoms with Gasteiger partial charge in [0, 0.05) is 49.3 Å². The van der Waals surface area contributed by atoms with E-state index in [4.69, 9.17) is 17.3 Å². The summed E-state index contributed by atoms with van der Waals surface area (Å²) in [6, 6.07) is 5.60. The summed E-state index contributed by atoms with van der Waals surface area (Å²) in [5, 5.41) is 18.9. The standard InChI is InChI=1S/C15H20ClN3O2/c1-18-3-2-11(10-18)12-8-14(17)13(16)9-15(12)19(4-6-20)5-7-21/h2-3,8-10,20-21H,4-7,17H2,1H3. The quantitative estimate of drug-likeness (QED) is 0.710. The van der Waals surface area contributed by atoms with E-state index < -0.39 is 0 Å². The van der Waals surface area contributed by atoms with Crippen molar-refractivity contribution in [3.8, 4) is 11.1 Å². The second-order valence-corrected chi connectivity index (χ2v) is 5.30. The van der Waals surface area contributed by atoms with E-state index in [2.05, 4.69) is 0 Å². The van der Waals surface area contributed by atoms with E-state index in [1.165, 1.54) is 0 Å². The van der Waals surface area contributed by atoms with Crippen LogP contribution in [0.5, 0.6) is 0 Å². The fourth-order valence-corrected chi connectivity index (χ4v) is 2.49. The van der Waals surface area contributed by atoms with E-state index in [0.29, 0.717) is 23.8 Å². The number of aryl methyl sites for hydroxylation is 1. The van der Waals surface area contributed by atoms with Crippen molar-refractivity contribution in [2.75, 3.05) is 36.9 Å². The highest BCUT2D eigenvalue weighted by molar-refractivity contribution is 6.33. The van der Waals surface area contributed by atoms with Crippen molar-refractivity contribution in [2.45, 2.75) is 0 Å². The van der Waals surface area contributed by atoms with Crippen LogP contribution in [0, 0.1) is 0 Å². The Hall–Kier alpha value is -1.69. The number of aromatic nitrogens is 1. The fraction of sp³-hybridized carbons (Fsp3) is 0.333. The SMILES string of the molecule is Cn1ccc(-c2cc(N)c(Cl)cc2N(CCO)CCO)c1. The van der Waals surface area contributed by atoms with Gasteiger partial charge in [0.05, 0.1) is 23.9 Å². The van der Waals surface area contributed by atoms with Crippen LogP contribution in [0.2, 0.25) is 5.02 Å². The second kappa shape index (κ2) is 6.85. The molecule has 0 spiro atoms. The van der Waals surface area contributed by atoms with Crippen molar-refractivity contribution in [1.82, 2.24) is 4.57 Å². The first-order valence-corrected chi connectivity index (χ1v) is 7.12. The Bertz CT molecular complexity index is 607. The Morgan fingerprint density at radius 2 is 1.90 bits per heavy atom. The highest BCUT2D eigenvalue weighted by Gasteiger charge is 2.15. The van der Waals surface area contributed by atoms with Gasteiger partial charge in [0.25, 0.3) is 0 Å².